The maximum atomic E-state index is 14.9. The summed E-state index contributed by atoms with van der Waals surface area (Å²) in [5, 5.41) is 9.34. The van der Waals surface area contributed by atoms with Crippen molar-refractivity contribution in [2.24, 2.45) is 0 Å². The first-order chi connectivity index (χ1) is 10.6. The summed E-state index contributed by atoms with van der Waals surface area (Å²) >= 11 is 0. The van der Waals surface area contributed by atoms with Crippen LogP contribution in [0.5, 0.6) is 0 Å². The van der Waals surface area contributed by atoms with Crippen molar-refractivity contribution in [1.29, 1.82) is 0 Å². The van der Waals surface area contributed by atoms with Crippen LogP contribution < -0.4 is 0 Å². The van der Waals surface area contributed by atoms with Gasteiger partial charge in [0, 0.05) is 0 Å². The number of hydrogen-bond acceptors (Lipinski definition) is 7. The lowest BCUT2D eigenvalue weighted by Gasteiger charge is -2.32. The molecule has 2 aliphatic rings. The zero-order valence-corrected chi connectivity index (χ0v) is 14.4. The van der Waals surface area contributed by atoms with E-state index in [9.17, 15) is 18.5 Å². The number of ether oxygens (including phenoxy) is 3. The molecule has 2 aliphatic heterocycles. The molecule has 1 N–H and O–H groups in total. The van der Waals surface area contributed by atoms with E-state index in [4.69, 9.17) is 23.3 Å². The Morgan fingerprint density at radius 1 is 1.17 bits per heavy atom. The highest BCUT2D eigenvalue weighted by Crippen LogP contribution is 2.65. The van der Waals surface area contributed by atoms with Crippen molar-refractivity contribution in [3.8, 4) is 0 Å². The average Bonchev–Trinajstić information content (AvgIpc) is 2.91. The Labute approximate surface area is 133 Å². The number of halogens is 2. The van der Waals surface area contributed by atoms with E-state index in [1.165, 1.54) is 13.8 Å². The van der Waals surface area contributed by atoms with Crippen LogP contribution in [0.4, 0.5) is 8.78 Å². The monoisotopic (exact) mass is 360 g/mol. The van der Waals surface area contributed by atoms with E-state index >= 15 is 0 Å². The first kappa shape index (κ1) is 19.2. The lowest BCUT2D eigenvalue weighted by molar-refractivity contribution is -0.212. The highest BCUT2D eigenvalue weighted by Gasteiger charge is 2.69. The third-order valence-electron chi connectivity index (χ3n) is 3.64. The van der Waals surface area contributed by atoms with Gasteiger partial charge in [-0.15, -0.1) is 0 Å². The number of hydrogen-bond donors (Lipinski definition) is 1. The largest absolute Gasteiger partial charge is 0.402 e. The minimum atomic E-state index is -4.78. The van der Waals surface area contributed by atoms with Crippen LogP contribution in [0.25, 0.3) is 0 Å². The molecule has 0 bridgehead atoms. The van der Waals surface area contributed by atoms with E-state index in [0.717, 1.165) is 0 Å². The zero-order chi connectivity index (χ0) is 17.5. The molecule has 4 atom stereocenters. The van der Waals surface area contributed by atoms with Crippen molar-refractivity contribution in [2.75, 3.05) is 19.8 Å². The predicted molar refractivity (Wildman–Crippen MR) is 75.4 cm³/mol. The van der Waals surface area contributed by atoms with Gasteiger partial charge >= 0.3 is 13.3 Å². The highest BCUT2D eigenvalue weighted by atomic mass is 31.2. The minimum absolute atomic E-state index is 0.208. The smallest absolute Gasteiger partial charge is 0.394 e. The van der Waals surface area contributed by atoms with Crippen LogP contribution in [0.3, 0.4) is 0 Å². The summed E-state index contributed by atoms with van der Waals surface area (Å²) in [4.78, 5) is 0. The molecule has 7 nitrogen and oxygen atoms in total. The van der Waals surface area contributed by atoms with Gasteiger partial charge in [0.2, 0.25) is 0 Å². The second-order valence-corrected chi connectivity index (χ2v) is 7.87. The van der Waals surface area contributed by atoms with Gasteiger partial charge in [-0.05, 0) is 27.7 Å². The van der Waals surface area contributed by atoms with Gasteiger partial charge in [-0.3, -0.25) is 4.57 Å². The molecule has 2 saturated heterocycles. The van der Waals surface area contributed by atoms with Gasteiger partial charge in [-0.2, -0.15) is 8.78 Å². The van der Waals surface area contributed by atoms with Gasteiger partial charge < -0.3 is 28.4 Å². The summed E-state index contributed by atoms with van der Waals surface area (Å²) in [5.41, 5.74) is -3.95. The second-order valence-electron chi connectivity index (χ2n) is 5.76. The summed E-state index contributed by atoms with van der Waals surface area (Å²) < 4.78 is 68.0. The van der Waals surface area contributed by atoms with Crippen molar-refractivity contribution < 1.29 is 41.7 Å². The molecule has 0 aromatic heterocycles. The van der Waals surface area contributed by atoms with Gasteiger partial charge in [-0.1, -0.05) is 0 Å². The fourth-order valence-electron chi connectivity index (χ4n) is 2.81. The molecular weight excluding hydrogens is 337 g/mol. The summed E-state index contributed by atoms with van der Waals surface area (Å²) in [7, 11) is -4.78. The van der Waals surface area contributed by atoms with Crippen molar-refractivity contribution in [3.63, 3.8) is 0 Å². The van der Waals surface area contributed by atoms with Crippen LogP contribution in [0, 0.1) is 0 Å². The van der Waals surface area contributed by atoms with E-state index in [0.29, 0.717) is 0 Å². The molecule has 0 spiro atoms. The topological polar surface area (TPSA) is 83.5 Å². The number of aliphatic hydroxyl groups excluding tert-OH is 1. The molecule has 0 aromatic carbocycles. The first-order valence-electron chi connectivity index (χ1n) is 7.51. The SMILES string of the molecule is CCOP(=O)(OCC)C(F)(F)[C@@H]1O[C@H](CO)[C@H]2OC(C)(C)O[C@H]21. The molecule has 2 fully saturated rings. The summed E-state index contributed by atoms with van der Waals surface area (Å²) in [6, 6.07) is 0. The fourth-order valence-corrected chi connectivity index (χ4v) is 4.43. The Balaban J connectivity index is 2.33. The Morgan fingerprint density at radius 2 is 1.70 bits per heavy atom. The number of aliphatic hydroxyl groups is 1. The Kier molecular flexibility index (Phi) is 5.53. The molecule has 0 radical (unpaired) electrons. The molecule has 0 unspecified atom stereocenters. The molecule has 0 amide bonds. The predicted octanol–water partition coefficient (Wildman–Crippen LogP) is 2.13. The van der Waals surface area contributed by atoms with Gasteiger partial charge in [0.1, 0.15) is 18.3 Å². The van der Waals surface area contributed by atoms with Crippen LogP contribution in [-0.4, -0.2) is 60.8 Å². The zero-order valence-electron chi connectivity index (χ0n) is 13.5. The lowest BCUT2D eigenvalue weighted by atomic mass is 10.1. The quantitative estimate of drug-likeness (QED) is 0.696. The van der Waals surface area contributed by atoms with Crippen molar-refractivity contribution >= 4 is 7.60 Å². The van der Waals surface area contributed by atoms with Crippen molar-refractivity contribution in [1.82, 2.24) is 0 Å². The van der Waals surface area contributed by atoms with Gasteiger partial charge in [0.15, 0.2) is 11.9 Å². The van der Waals surface area contributed by atoms with Crippen LogP contribution in [-0.2, 0) is 27.8 Å². The second kappa shape index (κ2) is 6.63. The molecular formula is C13H23F2O7P. The minimum Gasteiger partial charge on any atom is -0.394 e. The summed E-state index contributed by atoms with van der Waals surface area (Å²) in [6.45, 7) is 5.07. The van der Waals surface area contributed by atoms with Crippen LogP contribution in [0.15, 0.2) is 0 Å². The van der Waals surface area contributed by atoms with E-state index in [-0.39, 0.29) is 13.2 Å². The molecule has 0 aromatic rings. The molecule has 2 heterocycles. The first-order valence-corrected chi connectivity index (χ1v) is 9.05. The molecule has 0 aliphatic carbocycles. The van der Waals surface area contributed by atoms with Gasteiger partial charge in [0.05, 0.1) is 19.8 Å². The summed E-state index contributed by atoms with van der Waals surface area (Å²) in [6.07, 6.45) is -4.99. The number of alkyl halides is 2. The van der Waals surface area contributed by atoms with E-state index in [1.807, 2.05) is 0 Å². The van der Waals surface area contributed by atoms with Crippen LogP contribution in [0.2, 0.25) is 0 Å². The summed E-state index contributed by atoms with van der Waals surface area (Å²) in [5.74, 6) is -1.11. The highest BCUT2D eigenvalue weighted by molar-refractivity contribution is 7.55. The number of fused-ring (bicyclic) bond motifs is 1. The molecule has 136 valence electrons. The third-order valence-corrected chi connectivity index (χ3v) is 5.82. The van der Waals surface area contributed by atoms with E-state index in [1.54, 1.807) is 13.8 Å². The normalized spacial score (nSPS) is 33.9. The third kappa shape index (κ3) is 3.33. The van der Waals surface area contributed by atoms with Crippen LogP contribution in [0.1, 0.15) is 27.7 Å². The maximum absolute atomic E-state index is 14.9. The Bertz CT molecular complexity index is 463. The molecule has 0 saturated carbocycles. The van der Waals surface area contributed by atoms with E-state index < -0.39 is 50.1 Å². The molecule has 2 rings (SSSR count). The molecule has 10 heteroatoms. The average molecular weight is 360 g/mol. The van der Waals surface area contributed by atoms with Gasteiger partial charge in [0.25, 0.3) is 0 Å². The van der Waals surface area contributed by atoms with Crippen LogP contribution >= 0.6 is 7.60 Å². The number of rotatable bonds is 7. The van der Waals surface area contributed by atoms with Crippen molar-refractivity contribution in [3.05, 3.63) is 0 Å². The fraction of sp³-hybridized carbons (Fsp3) is 1.00. The Hall–Kier alpha value is -0.150. The van der Waals surface area contributed by atoms with E-state index in [2.05, 4.69) is 0 Å². The Morgan fingerprint density at radius 3 is 2.17 bits per heavy atom. The van der Waals surface area contributed by atoms with Crippen molar-refractivity contribution in [2.45, 2.75) is 63.6 Å². The lowest BCUT2D eigenvalue weighted by Crippen LogP contribution is -2.44. The molecule has 23 heavy (non-hydrogen) atoms. The maximum Gasteiger partial charge on any atom is 0.402 e. The standard InChI is InChI=1S/C13H23F2O7P/c1-5-18-23(17,19-6-2)13(14,15)11-10-9(8(7-16)20-11)21-12(3,4)22-10/h8-11,16H,5-7H2,1-4H3/t8-,9-,10-,11-/m1/s1. The van der Waals surface area contributed by atoms with Gasteiger partial charge in [-0.25, -0.2) is 0 Å².